The number of hydrogen-bond donors (Lipinski definition) is 0. The van der Waals surface area contributed by atoms with Crippen molar-refractivity contribution in [3.63, 3.8) is 0 Å². The van der Waals surface area contributed by atoms with E-state index in [1.807, 2.05) is 18.7 Å². The van der Waals surface area contributed by atoms with Crippen LogP contribution >= 0.6 is 0 Å². The Kier molecular flexibility index (Phi) is 3.99. The molecule has 1 amide bonds. The van der Waals surface area contributed by atoms with Crippen molar-refractivity contribution in [3.05, 3.63) is 0 Å². The first kappa shape index (κ1) is 18.3. The number of carbonyl (C=O) groups excluding carboxylic acids is 1. The molecule has 0 aromatic carbocycles. The summed E-state index contributed by atoms with van der Waals surface area (Å²) in [6.07, 6.45) is 3.21. The van der Waals surface area contributed by atoms with Gasteiger partial charge in [-0.2, -0.15) is 0 Å². The Morgan fingerprint density at radius 1 is 1.00 bits per heavy atom. The highest BCUT2D eigenvalue weighted by molar-refractivity contribution is 5.86. The lowest BCUT2D eigenvalue weighted by atomic mass is 9.59. The molecule has 27 heavy (non-hydrogen) atoms. The van der Waals surface area contributed by atoms with Gasteiger partial charge in [0.2, 0.25) is 5.79 Å². The molecule has 5 saturated heterocycles. The second kappa shape index (κ2) is 5.89. The number of likely N-dealkylation sites (N-methyl/N-ethyl adjacent to an activating group) is 1. The molecular formula is C20H32N2O5. The lowest BCUT2D eigenvalue weighted by Crippen LogP contribution is -2.63. The number of fused-ring (bicyclic) bond motifs is 2. The molecule has 1 saturated carbocycles. The van der Waals surface area contributed by atoms with Crippen molar-refractivity contribution in [2.24, 2.45) is 17.8 Å². The Morgan fingerprint density at radius 3 is 2.48 bits per heavy atom. The molecular weight excluding hydrogens is 348 g/mol. The van der Waals surface area contributed by atoms with Crippen LogP contribution < -0.4 is 0 Å². The summed E-state index contributed by atoms with van der Waals surface area (Å²) in [6, 6.07) is 0. The van der Waals surface area contributed by atoms with E-state index in [1.165, 1.54) is 0 Å². The zero-order valence-corrected chi connectivity index (χ0v) is 16.9. The molecule has 152 valence electrons. The maximum absolute atomic E-state index is 13.6. The first-order valence-electron chi connectivity index (χ1n) is 10.5. The van der Waals surface area contributed by atoms with Crippen LogP contribution in [0.3, 0.4) is 0 Å². The van der Waals surface area contributed by atoms with Gasteiger partial charge in [0.15, 0.2) is 17.5 Å². The van der Waals surface area contributed by atoms with Crippen LogP contribution in [0.5, 0.6) is 0 Å². The second-order valence-corrected chi connectivity index (χ2v) is 9.68. The van der Waals surface area contributed by atoms with Crippen LogP contribution in [0, 0.1) is 17.8 Å². The Hall–Kier alpha value is -0.730. The molecule has 0 aromatic rings. The first-order chi connectivity index (χ1) is 12.8. The molecule has 7 atom stereocenters. The average Bonchev–Trinajstić information content (AvgIpc) is 2.73. The van der Waals surface area contributed by atoms with Crippen molar-refractivity contribution in [1.82, 2.24) is 9.80 Å². The molecule has 5 aliphatic heterocycles. The van der Waals surface area contributed by atoms with Crippen molar-refractivity contribution < 1.29 is 24.0 Å². The molecule has 0 radical (unpaired) electrons. The fourth-order valence-electron chi connectivity index (χ4n) is 6.23. The van der Waals surface area contributed by atoms with Gasteiger partial charge in [-0.25, -0.2) is 9.78 Å². The molecule has 6 rings (SSSR count). The third-order valence-corrected chi connectivity index (χ3v) is 7.95. The van der Waals surface area contributed by atoms with Crippen molar-refractivity contribution in [3.8, 4) is 0 Å². The van der Waals surface area contributed by atoms with Gasteiger partial charge in [0.1, 0.15) is 0 Å². The number of hydrogen-bond acceptors (Lipinski definition) is 6. The van der Waals surface area contributed by atoms with Crippen molar-refractivity contribution in [2.75, 3.05) is 33.2 Å². The molecule has 1 aliphatic carbocycles. The number of ether oxygens (including phenoxy) is 2. The maximum Gasteiger partial charge on any atom is 0.255 e. The quantitative estimate of drug-likeness (QED) is 0.646. The van der Waals surface area contributed by atoms with Crippen LogP contribution in [0.2, 0.25) is 0 Å². The van der Waals surface area contributed by atoms with E-state index in [0.29, 0.717) is 5.92 Å². The maximum atomic E-state index is 13.6. The minimum atomic E-state index is -0.926. The van der Waals surface area contributed by atoms with Gasteiger partial charge in [-0.3, -0.25) is 4.79 Å². The van der Waals surface area contributed by atoms with E-state index in [4.69, 9.17) is 19.2 Å². The van der Waals surface area contributed by atoms with Gasteiger partial charge in [0, 0.05) is 38.5 Å². The molecule has 0 N–H and O–H groups in total. The minimum Gasteiger partial charge on any atom is -0.338 e. The van der Waals surface area contributed by atoms with Crippen molar-refractivity contribution in [1.29, 1.82) is 0 Å². The number of piperazine rings is 1. The summed E-state index contributed by atoms with van der Waals surface area (Å²) in [7, 11) is 2.10. The van der Waals surface area contributed by atoms with Gasteiger partial charge in [-0.05, 0) is 52.0 Å². The lowest BCUT2D eigenvalue weighted by Gasteiger charge is -2.50. The lowest BCUT2D eigenvalue weighted by molar-refractivity contribution is -0.541. The molecule has 6 fully saturated rings. The summed E-state index contributed by atoms with van der Waals surface area (Å²) in [5.74, 6) is 0.0246. The number of amides is 1. The molecule has 7 nitrogen and oxygen atoms in total. The zero-order valence-electron chi connectivity index (χ0n) is 16.9. The van der Waals surface area contributed by atoms with Crippen molar-refractivity contribution >= 4 is 5.91 Å². The third-order valence-electron chi connectivity index (χ3n) is 7.95. The molecule has 2 bridgehead atoms. The topological polar surface area (TPSA) is 60.5 Å². The van der Waals surface area contributed by atoms with Crippen molar-refractivity contribution in [2.45, 2.75) is 69.7 Å². The van der Waals surface area contributed by atoms with Gasteiger partial charge >= 0.3 is 0 Å². The summed E-state index contributed by atoms with van der Waals surface area (Å²) in [5, 5.41) is 0. The summed E-state index contributed by atoms with van der Waals surface area (Å²) in [5.41, 5.74) is -1.60. The fraction of sp³-hybridized carbons (Fsp3) is 0.950. The van der Waals surface area contributed by atoms with Crippen LogP contribution in [0.25, 0.3) is 0 Å². The van der Waals surface area contributed by atoms with E-state index < -0.39 is 23.3 Å². The van der Waals surface area contributed by atoms with E-state index >= 15 is 0 Å². The van der Waals surface area contributed by atoms with Gasteiger partial charge in [0.25, 0.3) is 5.91 Å². The Morgan fingerprint density at radius 2 is 1.74 bits per heavy atom. The molecule has 6 aliphatic rings. The summed E-state index contributed by atoms with van der Waals surface area (Å²) < 4.78 is 12.8. The van der Waals surface area contributed by atoms with E-state index in [1.54, 1.807) is 0 Å². The average molecular weight is 380 g/mol. The summed E-state index contributed by atoms with van der Waals surface area (Å²) in [6.45, 7) is 9.44. The highest BCUT2D eigenvalue weighted by Crippen LogP contribution is 2.63. The molecule has 0 aromatic heterocycles. The molecule has 5 heterocycles. The van der Waals surface area contributed by atoms with Gasteiger partial charge in [-0.15, -0.1) is 0 Å². The van der Waals surface area contributed by atoms with Crippen LogP contribution in [-0.4, -0.2) is 72.2 Å². The summed E-state index contributed by atoms with van der Waals surface area (Å²) in [4.78, 5) is 29.8. The first-order valence-corrected chi connectivity index (χ1v) is 10.5. The molecule has 7 heteroatoms. The second-order valence-electron chi connectivity index (χ2n) is 9.68. The van der Waals surface area contributed by atoms with E-state index in [2.05, 4.69) is 18.9 Å². The van der Waals surface area contributed by atoms with Gasteiger partial charge < -0.3 is 19.3 Å². The highest BCUT2D eigenvalue weighted by Gasteiger charge is 2.75. The SMILES string of the molecule is C[C@@H]1CC[C@@H]2[C@]34OO[C@@](C)(CCC13)O[C@H]4O[C@]2(C)C(=O)N1CCN(C)CC1. The van der Waals surface area contributed by atoms with Gasteiger partial charge in [0.05, 0.1) is 0 Å². The monoisotopic (exact) mass is 380 g/mol. The highest BCUT2D eigenvalue weighted by atomic mass is 17.3. The zero-order chi connectivity index (χ0) is 19.0. The van der Waals surface area contributed by atoms with E-state index in [0.717, 1.165) is 51.9 Å². The van der Waals surface area contributed by atoms with Crippen LogP contribution in [0.15, 0.2) is 0 Å². The standard InChI is InChI=1S/C20H32N2O5/c1-13-5-6-15-19(3,16(23)22-11-9-21(4)10-12-22)25-17-20(15)14(13)7-8-18(2,24-17)26-27-20/h13-15,17H,5-12H2,1-4H3/t13-,14?,15+,17+,18+,19+,20-/m1/s1. The van der Waals surface area contributed by atoms with E-state index in [-0.39, 0.29) is 17.7 Å². The van der Waals surface area contributed by atoms with E-state index in [9.17, 15) is 4.79 Å². The normalized spacial score (nSPS) is 52.5. The molecule has 1 unspecified atom stereocenters. The molecule has 1 spiro atoms. The Labute approximate surface area is 161 Å². The minimum absolute atomic E-state index is 0.0500. The Balaban J connectivity index is 1.51. The number of nitrogens with zero attached hydrogens (tertiary/aromatic N) is 2. The number of rotatable bonds is 1. The predicted octanol–water partition coefficient (Wildman–Crippen LogP) is 1.76. The third kappa shape index (κ3) is 2.42. The predicted molar refractivity (Wildman–Crippen MR) is 96.4 cm³/mol. The van der Waals surface area contributed by atoms with Crippen LogP contribution in [-0.2, 0) is 24.0 Å². The number of carbonyl (C=O) groups is 1. The Bertz CT molecular complexity index is 638. The largest absolute Gasteiger partial charge is 0.338 e. The van der Waals surface area contributed by atoms with Crippen LogP contribution in [0.1, 0.15) is 46.5 Å². The van der Waals surface area contributed by atoms with Crippen LogP contribution in [0.4, 0.5) is 0 Å². The summed E-state index contributed by atoms with van der Waals surface area (Å²) >= 11 is 0. The van der Waals surface area contributed by atoms with Gasteiger partial charge in [-0.1, -0.05) is 6.92 Å². The smallest absolute Gasteiger partial charge is 0.255 e. The fourth-order valence-corrected chi connectivity index (χ4v) is 6.23.